The number of anilines is 1. The van der Waals surface area contributed by atoms with E-state index in [-0.39, 0.29) is 24.0 Å². The fourth-order valence-electron chi connectivity index (χ4n) is 4.98. The molecule has 6 nitrogen and oxygen atoms in total. The first-order valence-corrected chi connectivity index (χ1v) is 13.3. The van der Waals surface area contributed by atoms with Crippen molar-refractivity contribution in [3.63, 3.8) is 0 Å². The van der Waals surface area contributed by atoms with Gasteiger partial charge in [-0.25, -0.2) is 4.79 Å². The largest absolute Gasteiger partial charge is 0.444 e. The molecule has 2 aliphatic heterocycles. The molecular weight excluding hydrogens is 497 g/mol. The fraction of sp³-hybridized carbons (Fsp3) is 0.500. The maximum Gasteiger partial charge on any atom is 0.410 e. The van der Waals surface area contributed by atoms with E-state index >= 15 is 0 Å². The molecule has 0 radical (unpaired) electrons. The Hall–Kier alpha value is -2.44. The summed E-state index contributed by atoms with van der Waals surface area (Å²) in [6, 6.07) is 13.9. The monoisotopic (exact) mass is 531 g/mol. The van der Waals surface area contributed by atoms with Crippen LogP contribution in [0, 0.1) is 12.8 Å². The van der Waals surface area contributed by atoms with E-state index in [2.05, 4.69) is 17.0 Å². The molecule has 1 atom stereocenters. The van der Waals surface area contributed by atoms with Gasteiger partial charge in [0.1, 0.15) is 5.60 Å². The minimum atomic E-state index is -0.527. The lowest BCUT2D eigenvalue weighted by atomic mass is 9.94. The van der Waals surface area contributed by atoms with E-state index in [4.69, 9.17) is 27.9 Å². The molecule has 2 heterocycles. The molecule has 8 heteroatoms. The number of ether oxygens (including phenoxy) is 1. The zero-order valence-corrected chi connectivity index (χ0v) is 23.0. The van der Waals surface area contributed by atoms with Gasteiger partial charge in [-0.1, -0.05) is 41.4 Å². The number of piperidine rings is 1. The molecule has 4 rings (SSSR count). The summed E-state index contributed by atoms with van der Waals surface area (Å²) in [5, 5.41) is 1.39. The normalized spacial score (nSPS) is 19.4. The molecule has 2 saturated heterocycles. The Labute approximate surface area is 224 Å². The van der Waals surface area contributed by atoms with E-state index in [0.717, 1.165) is 16.8 Å². The highest BCUT2D eigenvalue weighted by atomic mass is 35.5. The quantitative estimate of drug-likeness (QED) is 0.463. The summed E-state index contributed by atoms with van der Waals surface area (Å²) in [6.45, 7) is 10.5. The second kappa shape index (κ2) is 10.9. The number of amides is 2. The van der Waals surface area contributed by atoms with Crippen LogP contribution in [0.3, 0.4) is 0 Å². The molecule has 0 N–H and O–H groups in total. The van der Waals surface area contributed by atoms with Gasteiger partial charge < -0.3 is 19.4 Å². The molecule has 0 unspecified atom stereocenters. The molecule has 2 aliphatic rings. The van der Waals surface area contributed by atoms with Crippen molar-refractivity contribution in [3.05, 3.63) is 63.6 Å². The van der Waals surface area contributed by atoms with Crippen LogP contribution >= 0.6 is 23.2 Å². The summed E-state index contributed by atoms with van der Waals surface area (Å²) in [5.41, 5.74) is 2.65. The summed E-state index contributed by atoms with van der Waals surface area (Å²) in [5.74, 6) is 0.0662. The van der Waals surface area contributed by atoms with E-state index in [0.29, 0.717) is 55.6 Å². The second-order valence-electron chi connectivity index (χ2n) is 10.7. The molecule has 0 aliphatic carbocycles. The van der Waals surface area contributed by atoms with E-state index < -0.39 is 5.60 Å². The van der Waals surface area contributed by atoms with Crippen LogP contribution in [-0.2, 0) is 9.53 Å². The predicted molar refractivity (Wildman–Crippen MR) is 145 cm³/mol. The van der Waals surface area contributed by atoms with Gasteiger partial charge in [0.05, 0.1) is 16.8 Å². The number of rotatable bonds is 3. The highest BCUT2D eigenvalue weighted by molar-refractivity contribution is 6.33. The zero-order valence-electron chi connectivity index (χ0n) is 21.5. The SMILES string of the molecule is Cc1ccc(N2CCN(C(=O)C3CCN(C(=O)OC(C)(C)C)CC3)C[C@H]2c2ccc(Cl)cc2)c(Cl)c1. The van der Waals surface area contributed by atoms with Crippen molar-refractivity contribution in [3.8, 4) is 0 Å². The number of carbonyl (C=O) groups is 2. The summed E-state index contributed by atoms with van der Waals surface area (Å²) in [4.78, 5) is 32.0. The van der Waals surface area contributed by atoms with Crippen LogP contribution in [0.5, 0.6) is 0 Å². The Bertz CT molecular complexity index is 1090. The summed E-state index contributed by atoms with van der Waals surface area (Å²) < 4.78 is 5.50. The van der Waals surface area contributed by atoms with Gasteiger partial charge in [-0.15, -0.1) is 0 Å². The molecular formula is C28H35Cl2N3O3. The van der Waals surface area contributed by atoms with Gasteiger partial charge in [-0.2, -0.15) is 0 Å². The summed E-state index contributed by atoms with van der Waals surface area (Å²) >= 11 is 12.8. The molecule has 36 heavy (non-hydrogen) atoms. The van der Waals surface area contributed by atoms with Crippen LogP contribution in [0.4, 0.5) is 10.5 Å². The van der Waals surface area contributed by atoms with Crippen molar-refractivity contribution in [2.75, 3.05) is 37.6 Å². The molecule has 2 fully saturated rings. The van der Waals surface area contributed by atoms with E-state index in [1.807, 2.05) is 62.9 Å². The smallest absolute Gasteiger partial charge is 0.410 e. The molecule has 0 aromatic heterocycles. The highest BCUT2D eigenvalue weighted by Crippen LogP contribution is 2.37. The standard InChI is InChI=1S/C28H35Cl2N3O3/c1-19-5-10-24(23(30)17-19)33-16-15-32(18-25(33)20-6-8-22(29)9-7-20)26(34)21-11-13-31(14-12-21)27(35)36-28(2,3)4/h5-10,17,21,25H,11-16,18H2,1-4H3/t25-/m0/s1. The number of likely N-dealkylation sites (tertiary alicyclic amines) is 1. The average Bonchev–Trinajstić information content (AvgIpc) is 2.83. The first-order valence-electron chi connectivity index (χ1n) is 12.6. The van der Waals surface area contributed by atoms with Gasteiger partial charge in [0.2, 0.25) is 5.91 Å². The van der Waals surface area contributed by atoms with Crippen LogP contribution in [0.25, 0.3) is 0 Å². The van der Waals surface area contributed by atoms with Crippen molar-refractivity contribution in [2.45, 2.75) is 52.2 Å². The Balaban J connectivity index is 1.47. The average molecular weight is 533 g/mol. The number of halogens is 2. The summed E-state index contributed by atoms with van der Waals surface area (Å²) in [7, 11) is 0. The lowest BCUT2D eigenvalue weighted by Crippen LogP contribution is -2.53. The first kappa shape index (κ1) is 26.6. The van der Waals surface area contributed by atoms with Gasteiger partial charge in [0.25, 0.3) is 0 Å². The van der Waals surface area contributed by atoms with Crippen molar-refractivity contribution < 1.29 is 14.3 Å². The number of benzene rings is 2. The molecule has 0 saturated carbocycles. The van der Waals surface area contributed by atoms with Crippen molar-refractivity contribution in [1.29, 1.82) is 0 Å². The van der Waals surface area contributed by atoms with Crippen molar-refractivity contribution in [2.24, 2.45) is 5.92 Å². The van der Waals surface area contributed by atoms with Gasteiger partial charge in [-0.3, -0.25) is 4.79 Å². The third kappa shape index (κ3) is 6.27. The Morgan fingerprint density at radius 1 is 0.917 bits per heavy atom. The molecule has 194 valence electrons. The van der Waals surface area contributed by atoms with Crippen LogP contribution in [0.2, 0.25) is 10.0 Å². The third-order valence-corrected chi connectivity index (χ3v) is 7.41. The van der Waals surface area contributed by atoms with Gasteiger partial charge in [-0.05, 0) is 75.9 Å². The third-order valence-electron chi connectivity index (χ3n) is 6.86. The van der Waals surface area contributed by atoms with Crippen molar-refractivity contribution in [1.82, 2.24) is 9.80 Å². The van der Waals surface area contributed by atoms with Gasteiger partial charge >= 0.3 is 6.09 Å². The second-order valence-corrected chi connectivity index (χ2v) is 11.6. The molecule has 2 aromatic carbocycles. The molecule has 2 aromatic rings. The Morgan fingerprint density at radius 3 is 2.19 bits per heavy atom. The zero-order chi connectivity index (χ0) is 26.0. The highest BCUT2D eigenvalue weighted by Gasteiger charge is 2.36. The Kier molecular flexibility index (Phi) is 8.06. The van der Waals surface area contributed by atoms with Crippen LogP contribution in [0.15, 0.2) is 42.5 Å². The van der Waals surface area contributed by atoms with Crippen LogP contribution < -0.4 is 4.90 Å². The minimum Gasteiger partial charge on any atom is -0.444 e. The lowest BCUT2D eigenvalue weighted by molar-refractivity contribution is -0.138. The molecule has 0 bridgehead atoms. The van der Waals surface area contributed by atoms with Gasteiger partial charge in [0.15, 0.2) is 0 Å². The number of piperazine rings is 1. The van der Waals surface area contributed by atoms with Gasteiger partial charge in [0, 0.05) is 43.7 Å². The van der Waals surface area contributed by atoms with Crippen LogP contribution in [0.1, 0.15) is 50.8 Å². The lowest BCUT2D eigenvalue weighted by Gasteiger charge is -2.45. The number of aryl methyl sites for hydroxylation is 1. The van der Waals surface area contributed by atoms with E-state index in [9.17, 15) is 9.59 Å². The fourth-order valence-corrected chi connectivity index (χ4v) is 5.45. The number of nitrogens with zero attached hydrogens (tertiary/aromatic N) is 3. The topological polar surface area (TPSA) is 53.1 Å². The maximum absolute atomic E-state index is 13.6. The summed E-state index contributed by atoms with van der Waals surface area (Å²) in [6.07, 6.45) is 0.987. The number of hydrogen-bond donors (Lipinski definition) is 0. The maximum atomic E-state index is 13.6. The van der Waals surface area contributed by atoms with E-state index in [1.54, 1.807) is 4.90 Å². The molecule has 0 spiro atoms. The molecule has 2 amide bonds. The number of carbonyl (C=O) groups excluding carboxylic acids is 2. The van der Waals surface area contributed by atoms with Crippen LogP contribution in [-0.4, -0.2) is 60.1 Å². The Morgan fingerprint density at radius 2 is 1.58 bits per heavy atom. The first-order chi connectivity index (χ1) is 17.0. The predicted octanol–water partition coefficient (Wildman–Crippen LogP) is 6.34. The van der Waals surface area contributed by atoms with E-state index in [1.165, 1.54) is 0 Å². The minimum absolute atomic E-state index is 0.0398. The number of hydrogen-bond acceptors (Lipinski definition) is 4. The van der Waals surface area contributed by atoms with Crippen molar-refractivity contribution >= 4 is 40.9 Å².